The van der Waals surface area contributed by atoms with Gasteiger partial charge in [0, 0.05) is 17.4 Å². The van der Waals surface area contributed by atoms with Gasteiger partial charge in [0.2, 0.25) is 6.86 Å². The van der Waals surface area contributed by atoms with E-state index >= 15 is 0 Å². The predicted molar refractivity (Wildman–Crippen MR) is 93.7 cm³/mol. The van der Waals surface area contributed by atoms with Crippen LogP contribution < -0.4 is 10.3 Å². The summed E-state index contributed by atoms with van der Waals surface area (Å²) in [7, 11) is 0. The highest BCUT2D eigenvalue weighted by Gasteiger charge is 2.14. The molecule has 2 heterocycles. The zero-order valence-corrected chi connectivity index (χ0v) is 13.4. The molecule has 0 fully saturated rings. The molecule has 0 aliphatic carbocycles. The maximum absolute atomic E-state index is 13.3. The van der Waals surface area contributed by atoms with Crippen LogP contribution in [-0.2, 0) is 0 Å². The fourth-order valence-corrected chi connectivity index (χ4v) is 2.83. The Morgan fingerprint density at radius 2 is 1.81 bits per heavy atom. The number of halogens is 2. The molecule has 0 bridgehead atoms. The number of benzene rings is 2. The number of ether oxygens (including phenoxy) is 1. The normalized spacial score (nSPS) is 11.0. The number of pyridine rings is 1. The van der Waals surface area contributed by atoms with Crippen molar-refractivity contribution in [1.82, 2.24) is 14.5 Å². The molecule has 0 saturated carbocycles. The molecule has 0 aliphatic heterocycles. The van der Waals surface area contributed by atoms with E-state index in [4.69, 9.17) is 4.74 Å². The second-order valence-electron chi connectivity index (χ2n) is 5.60. The first-order chi connectivity index (χ1) is 12.7. The summed E-state index contributed by atoms with van der Waals surface area (Å²) in [5.74, 6) is 0.0234. The summed E-state index contributed by atoms with van der Waals surface area (Å²) in [6, 6.07) is 12.4. The summed E-state index contributed by atoms with van der Waals surface area (Å²) in [5, 5.41) is 0. The van der Waals surface area contributed by atoms with Crippen molar-refractivity contribution in [2.75, 3.05) is 6.86 Å². The lowest BCUT2D eigenvalue weighted by Gasteiger charge is -2.11. The first-order valence-corrected chi connectivity index (χ1v) is 7.81. The van der Waals surface area contributed by atoms with Gasteiger partial charge >= 0.3 is 0 Å². The fraction of sp³-hybridized carbons (Fsp3) is 0.0526. The molecule has 0 aliphatic rings. The number of H-pyrrole nitrogens is 1. The van der Waals surface area contributed by atoms with Crippen LogP contribution in [0, 0.1) is 5.82 Å². The number of imidazole rings is 1. The Kier molecular flexibility index (Phi) is 3.96. The summed E-state index contributed by atoms with van der Waals surface area (Å²) in [6.45, 7) is -0.923. The Balaban J connectivity index is 1.91. The van der Waals surface area contributed by atoms with Crippen LogP contribution in [0.4, 0.5) is 8.78 Å². The van der Waals surface area contributed by atoms with Crippen LogP contribution in [0.3, 0.4) is 0 Å². The molecule has 26 heavy (non-hydrogen) atoms. The third-order valence-corrected chi connectivity index (χ3v) is 4.08. The van der Waals surface area contributed by atoms with Crippen molar-refractivity contribution in [3.63, 3.8) is 0 Å². The zero-order chi connectivity index (χ0) is 18.1. The van der Waals surface area contributed by atoms with Gasteiger partial charge in [-0.05, 0) is 42.0 Å². The Morgan fingerprint density at radius 1 is 1.08 bits per heavy atom. The number of fused-ring (bicyclic) bond motifs is 1. The molecule has 0 atom stereocenters. The SMILES string of the molecule is O=c1c2nc[nH]c2c(-c2ccc(F)cc2)cn1-c1ccc(OCF)cc1. The number of aromatic amines is 1. The topological polar surface area (TPSA) is 59.9 Å². The van der Waals surface area contributed by atoms with E-state index in [9.17, 15) is 13.6 Å². The van der Waals surface area contributed by atoms with E-state index in [2.05, 4.69) is 9.97 Å². The number of nitrogens with zero attached hydrogens (tertiary/aromatic N) is 2. The largest absolute Gasteiger partial charge is 0.463 e. The van der Waals surface area contributed by atoms with E-state index in [1.54, 1.807) is 42.6 Å². The van der Waals surface area contributed by atoms with E-state index < -0.39 is 6.86 Å². The molecule has 4 rings (SSSR count). The van der Waals surface area contributed by atoms with Gasteiger partial charge in [0.1, 0.15) is 11.6 Å². The lowest BCUT2D eigenvalue weighted by molar-refractivity contribution is 0.192. The molecular weight excluding hydrogens is 340 g/mol. The lowest BCUT2D eigenvalue weighted by atomic mass is 10.1. The summed E-state index contributed by atoms with van der Waals surface area (Å²) in [5.41, 5.74) is 2.58. The van der Waals surface area contributed by atoms with E-state index in [1.807, 2.05) is 0 Å². The Morgan fingerprint density at radius 3 is 2.50 bits per heavy atom. The maximum atomic E-state index is 13.3. The van der Waals surface area contributed by atoms with Crippen LogP contribution in [0.1, 0.15) is 0 Å². The number of rotatable bonds is 4. The molecule has 0 amide bonds. The third-order valence-electron chi connectivity index (χ3n) is 4.08. The molecule has 0 spiro atoms. The van der Waals surface area contributed by atoms with Crippen LogP contribution >= 0.6 is 0 Å². The quantitative estimate of drug-likeness (QED) is 0.607. The van der Waals surface area contributed by atoms with Crippen molar-refractivity contribution < 1.29 is 13.5 Å². The van der Waals surface area contributed by atoms with Gasteiger partial charge in [-0.3, -0.25) is 9.36 Å². The van der Waals surface area contributed by atoms with Crippen LogP contribution in [0.25, 0.3) is 27.8 Å². The van der Waals surface area contributed by atoms with Gasteiger partial charge < -0.3 is 9.72 Å². The molecule has 4 aromatic rings. The van der Waals surface area contributed by atoms with Gasteiger partial charge in [0.25, 0.3) is 5.56 Å². The molecule has 7 heteroatoms. The zero-order valence-electron chi connectivity index (χ0n) is 13.4. The lowest BCUT2D eigenvalue weighted by Crippen LogP contribution is -2.18. The summed E-state index contributed by atoms with van der Waals surface area (Å²) in [4.78, 5) is 19.9. The van der Waals surface area contributed by atoms with Crippen LogP contribution in [-0.4, -0.2) is 21.4 Å². The Bertz CT molecular complexity index is 1120. The van der Waals surface area contributed by atoms with Gasteiger partial charge in [0.05, 0.1) is 11.8 Å². The van der Waals surface area contributed by atoms with Crippen LogP contribution in [0.15, 0.2) is 65.8 Å². The smallest absolute Gasteiger partial charge is 0.283 e. The number of alkyl halides is 1. The van der Waals surface area contributed by atoms with Crippen LogP contribution in [0.5, 0.6) is 5.75 Å². The van der Waals surface area contributed by atoms with Crippen molar-refractivity contribution in [3.8, 4) is 22.6 Å². The van der Waals surface area contributed by atoms with Crippen LogP contribution in [0.2, 0.25) is 0 Å². The minimum absolute atomic E-state index is 0.274. The second-order valence-corrected chi connectivity index (χ2v) is 5.60. The highest BCUT2D eigenvalue weighted by Crippen LogP contribution is 2.26. The molecule has 2 aromatic carbocycles. The Labute approximate surface area is 146 Å². The minimum atomic E-state index is -0.923. The van der Waals surface area contributed by atoms with Crippen molar-refractivity contribution in [1.29, 1.82) is 0 Å². The highest BCUT2D eigenvalue weighted by atomic mass is 19.1. The summed E-state index contributed by atoms with van der Waals surface area (Å²) >= 11 is 0. The standard InChI is InChI=1S/C19H13F2N3O2/c20-10-26-15-7-5-14(6-8-15)24-9-16(12-1-3-13(21)4-2-12)17-18(19(24)25)23-11-22-17/h1-9,11H,10H2,(H,22,23). The predicted octanol–water partition coefficient (Wildman–Crippen LogP) is 3.83. The second kappa shape index (κ2) is 6.44. The summed E-state index contributed by atoms with van der Waals surface area (Å²) < 4.78 is 31.7. The molecule has 0 saturated heterocycles. The molecule has 1 N–H and O–H groups in total. The Hall–Kier alpha value is -3.48. The van der Waals surface area contributed by atoms with Crippen molar-refractivity contribution >= 4 is 11.0 Å². The third kappa shape index (κ3) is 2.73. The average molecular weight is 353 g/mol. The molecule has 130 valence electrons. The highest BCUT2D eigenvalue weighted by molar-refractivity contribution is 5.91. The molecule has 0 unspecified atom stereocenters. The number of nitrogens with one attached hydrogen (secondary N) is 1. The number of hydrogen-bond acceptors (Lipinski definition) is 3. The number of hydrogen-bond donors (Lipinski definition) is 1. The van der Waals surface area contributed by atoms with Gasteiger partial charge in [-0.15, -0.1) is 0 Å². The molecule has 5 nitrogen and oxygen atoms in total. The monoisotopic (exact) mass is 353 g/mol. The first kappa shape index (κ1) is 16.0. The van der Waals surface area contributed by atoms with Crippen molar-refractivity contribution in [3.05, 3.63) is 77.2 Å². The van der Waals surface area contributed by atoms with E-state index in [0.717, 1.165) is 5.56 Å². The fourth-order valence-electron chi connectivity index (χ4n) is 2.83. The van der Waals surface area contributed by atoms with Crippen molar-refractivity contribution in [2.45, 2.75) is 0 Å². The summed E-state index contributed by atoms with van der Waals surface area (Å²) in [6.07, 6.45) is 3.11. The molecule has 0 radical (unpaired) electrons. The van der Waals surface area contributed by atoms with Gasteiger partial charge in [0.15, 0.2) is 5.52 Å². The van der Waals surface area contributed by atoms with E-state index in [1.165, 1.54) is 23.0 Å². The number of aromatic nitrogens is 3. The van der Waals surface area contributed by atoms with Gasteiger partial charge in [-0.2, -0.15) is 0 Å². The maximum Gasteiger partial charge on any atom is 0.283 e. The van der Waals surface area contributed by atoms with Gasteiger partial charge in [-0.1, -0.05) is 12.1 Å². The van der Waals surface area contributed by atoms with Crippen molar-refractivity contribution in [2.24, 2.45) is 0 Å². The molecule has 2 aromatic heterocycles. The van der Waals surface area contributed by atoms with E-state index in [-0.39, 0.29) is 16.9 Å². The van der Waals surface area contributed by atoms with E-state index in [0.29, 0.717) is 22.5 Å². The molecular formula is C19H13F2N3O2. The van der Waals surface area contributed by atoms with Gasteiger partial charge in [-0.25, -0.2) is 13.8 Å². The average Bonchev–Trinajstić information content (AvgIpc) is 3.15. The first-order valence-electron chi connectivity index (χ1n) is 7.81. The minimum Gasteiger partial charge on any atom is -0.463 e.